The van der Waals surface area contributed by atoms with Gasteiger partial charge in [-0.05, 0) is 53.7 Å². The van der Waals surface area contributed by atoms with Gasteiger partial charge in [-0.15, -0.1) is 0 Å². The maximum absolute atomic E-state index is 13.2. The van der Waals surface area contributed by atoms with Crippen LogP contribution in [0, 0.1) is 11.6 Å². The van der Waals surface area contributed by atoms with Gasteiger partial charge < -0.3 is 10.6 Å². The van der Waals surface area contributed by atoms with Crippen LogP contribution < -0.4 is 5.73 Å². The predicted molar refractivity (Wildman–Crippen MR) is 98.3 cm³/mol. The molecule has 5 heteroatoms. The SMILES string of the molecule is NCc1cccc(C2CCN(C(=O)C=Cc3cc(F)cc(F)c3)CC2)c1. The summed E-state index contributed by atoms with van der Waals surface area (Å²) in [4.78, 5) is 14.1. The number of likely N-dealkylation sites (tertiary alicyclic amines) is 1. The van der Waals surface area contributed by atoms with E-state index in [1.54, 1.807) is 4.90 Å². The number of hydrogen-bond donors (Lipinski definition) is 1. The van der Waals surface area contributed by atoms with Crippen molar-refractivity contribution in [2.24, 2.45) is 5.73 Å². The minimum Gasteiger partial charge on any atom is -0.339 e. The van der Waals surface area contributed by atoms with Crippen molar-refractivity contribution in [1.29, 1.82) is 0 Å². The number of rotatable bonds is 4. The van der Waals surface area contributed by atoms with Gasteiger partial charge in [0.05, 0.1) is 0 Å². The molecule has 3 rings (SSSR count). The second-order valence-corrected chi connectivity index (χ2v) is 6.58. The number of piperidine rings is 1. The van der Waals surface area contributed by atoms with E-state index in [2.05, 4.69) is 12.1 Å². The lowest BCUT2D eigenvalue weighted by Crippen LogP contribution is -2.36. The van der Waals surface area contributed by atoms with Crippen LogP contribution in [0.1, 0.15) is 35.4 Å². The van der Waals surface area contributed by atoms with Crippen LogP contribution in [0.4, 0.5) is 8.78 Å². The average Bonchev–Trinajstić information content (AvgIpc) is 2.65. The van der Waals surface area contributed by atoms with E-state index in [0.717, 1.165) is 24.5 Å². The van der Waals surface area contributed by atoms with Crippen molar-refractivity contribution in [3.05, 3.63) is 76.9 Å². The number of carbonyl (C=O) groups excluding carboxylic acids is 1. The molecule has 0 atom stereocenters. The molecule has 136 valence electrons. The standard InChI is InChI=1S/C21H22F2N2O/c22-19-11-15(12-20(23)13-19)4-5-21(26)25-8-6-17(7-9-25)18-3-1-2-16(10-18)14-24/h1-5,10-13,17H,6-9,14,24H2. The Bertz CT molecular complexity index is 791. The van der Waals surface area contributed by atoms with Gasteiger partial charge in [-0.25, -0.2) is 8.78 Å². The van der Waals surface area contributed by atoms with E-state index in [9.17, 15) is 13.6 Å². The van der Waals surface area contributed by atoms with Gasteiger partial charge in [-0.2, -0.15) is 0 Å². The number of nitrogens with zero attached hydrogens (tertiary/aromatic N) is 1. The first-order valence-corrected chi connectivity index (χ1v) is 8.77. The van der Waals surface area contributed by atoms with Gasteiger partial charge in [0.15, 0.2) is 0 Å². The van der Waals surface area contributed by atoms with E-state index in [0.29, 0.717) is 31.1 Å². The summed E-state index contributed by atoms with van der Waals surface area (Å²) >= 11 is 0. The number of hydrogen-bond acceptors (Lipinski definition) is 2. The van der Waals surface area contributed by atoms with Crippen molar-refractivity contribution in [1.82, 2.24) is 4.90 Å². The zero-order valence-electron chi connectivity index (χ0n) is 14.5. The molecule has 3 nitrogen and oxygen atoms in total. The molecule has 0 unspecified atom stereocenters. The molecule has 2 aromatic rings. The van der Waals surface area contributed by atoms with Gasteiger partial charge in [-0.3, -0.25) is 4.79 Å². The molecular formula is C21H22F2N2O. The highest BCUT2D eigenvalue weighted by molar-refractivity contribution is 5.91. The molecular weight excluding hydrogens is 334 g/mol. The summed E-state index contributed by atoms with van der Waals surface area (Å²) in [6.07, 6.45) is 4.61. The third-order valence-corrected chi connectivity index (χ3v) is 4.77. The first kappa shape index (κ1) is 18.3. The Morgan fingerprint density at radius 2 is 1.81 bits per heavy atom. The van der Waals surface area contributed by atoms with E-state index in [4.69, 9.17) is 5.73 Å². The molecule has 0 radical (unpaired) electrons. The van der Waals surface area contributed by atoms with E-state index in [1.807, 2.05) is 12.1 Å². The molecule has 1 aliphatic heterocycles. The molecule has 0 spiro atoms. The predicted octanol–water partition coefficient (Wildman–Crippen LogP) is 3.84. The van der Waals surface area contributed by atoms with E-state index in [1.165, 1.54) is 29.8 Å². The molecule has 1 aliphatic rings. The molecule has 1 saturated heterocycles. The highest BCUT2D eigenvalue weighted by atomic mass is 19.1. The number of amides is 1. The largest absolute Gasteiger partial charge is 0.339 e. The van der Waals surface area contributed by atoms with Gasteiger partial charge in [0.25, 0.3) is 0 Å². The van der Waals surface area contributed by atoms with E-state index < -0.39 is 11.6 Å². The lowest BCUT2D eigenvalue weighted by atomic mass is 9.88. The van der Waals surface area contributed by atoms with Crippen LogP contribution in [0.3, 0.4) is 0 Å². The number of nitrogens with two attached hydrogens (primary N) is 1. The second-order valence-electron chi connectivity index (χ2n) is 6.58. The van der Waals surface area contributed by atoms with Crippen LogP contribution in [0.2, 0.25) is 0 Å². The Morgan fingerprint density at radius 3 is 2.46 bits per heavy atom. The quantitative estimate of drug-likeness (QED) is 0.846. The van der Waals surface area contributed by atoms with Crippen molar-refractivity contribution in [3.63, 3.8) is 0 Å². The van der Waals surface area contributed by atoms with Gasteiger partial charge in [0.1, 0.15) is 11.6 Å². The van der Waals surface area contributed by atoms with Crippen LogP contribution in [0.15, 0.2) is 48.5 Å². The molecule has 1 fully saturated rings. The number of halogens is 2. The van der Waals surface area contributed by atoms with Gasteiger partial charge in [0.2, 0.25) is 5.91 Å². The van der Waals surface area contributed by atoms with Gasteiger partial charge in [0, 0.05) is 31.8 Å². The van der Waals surface area contributed by atoms with Crippen LogP contribution in [-0.2, 0) is 11.3 Å². The van der Waals surface area contributed by atoms with Crippen molar-refractivity contribution in [3.8, 4) is 0 Å². The topological polar surface area (TPSA) is 46.3 Å². The Morgan fingerprint density at radius 1 is 1.12 bits per heavy atom. The van der Waals surface area contributed by atoms with Gasteiger partial charge >= 0.3 is 0 Å². The summed E-state index contributed by atoms with van der Waals surface area (Å²) in [7, 11) is 0. The third kappa shape index (κ3) is 4.55. The lowest BCUT2D eigenvalue weighted by molar-refractivity contribution is -0.126. The zero-order chi connectivity index (χ0) is 18.5. The summed E-state index contributed by atoms with van der Waals surface area (Å²) in [5.41, 5.74) is 8.43. The first-order chi connectivity index (χ1) is 12.5. The Hall–Kier alpha value is -2.53. The molecule has 0 aromatic heterocycles. The maximum atomic E-state index is 13.2. The molecule has 1 amide bonds. The lowest BCUT2D eigenvalue weighted by Gasteiger charge is -2.31. The fourth-order valence-electron chi connectivity index (χ4n) is 3.35. The van der Waals surface area contributed by atoms with Crippen molar-refractivity contribution in [2.45, 2.75) is 25.3 Å². The summed E-state index contributed by atoms with van der Waals surface area (Å²) in [6, 6.07) is 11.5. The summed E-state index contributed by atoms with van der Waals surface area (Å²) < 4.78 is 26.4. The molecule has 0 aliphatic carbocycles. The Kier molecular flexibility index (Phi) is 5.78. The molecule has 2 aromatic carbocycles. The van der Waals surface area contributed by atoms with Crippen molar-refractivity contribution < 1.29 is 13.6 Å². The van der Waals surface area contributed by atoms with E-state index in [-0.39, 0.29) is 5.91 Å². The molecule has 26 heavy (non-hydrogen) atoms. The van der Waals surface area contributed by atoms with Crippen LogP contribution in [0.5, 0.6) is 0 Å². The molecule has 0 saturated carbocycles. The molecule has 1 heterocycles. The van der Waals surface area contributed by atoms with Crippen LogP contribution >= 0.6 is 0 Å². The summed E-state index contributed by atoms with van der Waals surface area (Å²) in [6.45, 7) is 1.85. The summed E-state index contributed by atoms with van der Waals surface area (Å²) in [5, 5.41) is 0. The number of benzene rings is 2. The fraction of sp³-hybridized carbons (Fsp3) is 0.286. The van der Waals surface area contributed by atoms with Crippen molar-refractivity contribution >= 4 is 12.0 Å². The van der Waals surface area contributed by atoms with Crippen molar-refractivity contribution in [2.75, 3.05) is 13.1 Å². The second kappa shape index (κ2) is 8.23. The Labute approximate surface area is 152 Å². The zero-order valence-corrected chi connectivity index (χ0v) is 14.5. The molecule has 2 N–H and O–H groups in total. The normalized spacial score (nSPS) is 15.6. The molecule has 0 bridgehead atoms. The first-order valence-electron chi connectivity index (χ1n) is 8.77. The highest BCUT2D eigenvalue weighted by Crippen LogP contribution is 2.28. The number of carbonyl (C=O) groups is 1. The minimum atomic E-state index is -0.655. The third-order valence-electron chi connectivity index (χ3n) is 4.77. The van der Waals surface area contributed by atoms with Gasteiger partial charge in [-0.1, -0.05) is 24.3 Å². The fourth-order valence-corrected chi connectivity index (χ4v) is 3.35. The van der Waals surface area contributed by atoms with E-state index >= 15 is 0 Å². The minimum absolute atomic E-state index is 0.135. The Balaban J connectivity index is 1.58. The van der Waals surface area contributed by atoms with Crippen LogP contribution in [-0.4, -0.2) is 23.9 Å². The smallest absolute Gasteiger partial charge is 0.246 e. The monoisotopic (exact) mass is 356 g/mol. The average molecular weight is 356 g/mol. The maximum Gasteiger partial charge on any atom is 0.246 e. The summed E-state index contributed by atoms with van der Waals surface area (Å²) in [5.74, 6) is -1.02. The van der Waals surface area contributed by atoms with Crippen LogP contribution in [0.25, 0.3) is 6.08 Å². The highest BCUT2D eigenvalue weighted by Gasteiger charge is 2.22.